The lowest BCUT2D eigenvalue weighted by atomic mass is 9.89. The molecule has 2 aromatic rings. The number of benzene rings is 1. The molecule has 2 heterocycles. The van der Waals surface area contributed by atoms with Gasteiger partial charge in [0.25, 0.3) is 5.91 Å². The van der Waals surface area contributed by atoms with Crippen LogP contribution in [0.3, 0.4) is 0 Å². The summed E-state index contributed by atoms with van der Waals surface area (Å²) in [6.45, 7) is 8.14. The number of hydrogen-bond donors (Lipinski definition) is 1. The number of hydrogen-bond acceptors (Lipinski definition) is 4. The van der Waals surface area contributed by atoms with Crippen molar-refractivity contribution in [3.05, 3.63) is 51.7 Å². The fourth-order valence-corrected chi connectivity index (χ4v) is 4.63. The van der Waals surface area contributed by atoms with Crippen LogP contribution >= 0.6 is 11.3 Å². The second-order valence-corrected chi connectivity index (χ2v) is 9.28. The molecule has 0 saturated carbocycles. The number of carbonyl (C=O) groups excluding carboxylic acids is 1. The minimum atomic E-state index is 0.0939. The largest absolute Gasteiger partial charge is 0.380 e. The topological polar surface area (TPSA) is 35.6 Å². The third-order valence-corrected chi connectivity index (χ3v) is 6.09. The van der Waals surface area contributed by atoms with Crippen LogP contribution in [0, 0.1) is 12.3 Å². The molecule has 1 N–H and O–H groups in total. The Morgan fingerprint density at radius 3 is 2.81 bits per heavy atom. The molecule has 5 heteroatoms. The van der Waals surface area contributed by atoms with Crippen LogP contribution < -0.4 is 5.32 Å². The van der Waals surface area contributed by atoms with Crippen LogP contribution in [0.2, 0.25) is 0 Å². The van der Waals surface area contributed by atoms with Crippen LogP contribution in [-0.4, -0.2) is 49.4 Å². The lowest BCUT2D eigenvalue weighted by molar-refractivity contribution is 0.0730. The highest BCUT2D eigenvalue weighted by Crippen LogP contribution is 2.30. The quantitative estimate of drug-likeness (QED) is 0.831. The highest BCUT2D eigenvalue weighted by molar-refractivity contribution is 7.11. The third-order valence-electron chi connectivity index (χ3n) is 5.09. The molecule has 1 fully saturated rings. The summed E-state index contributed by atoms with van der Waals surface area (Å²) < 4.78 is 0. The smallest absolute Gasteiger partial charge is 0.253 e. The van der Waals surface area contributed by atoms with E-state index < -0.39 is 0 Å². The van der Waals surface area contributed by atoms with E-state index in [9.17, 15) is 4.79 Å². The molecule has 1 atom stereocenters. The maximum atomic E-state index is 12.9. The number of thiophene rings is 1. The van der Waals surface area contributed by atoms with Crippen molar-refractivity contribution in [2.45, 2.75) is 26.8 Å². The van der Waals surface area contributed by atoms with E-state index in [1.807, 2.05) is 36.2 Å². The second kappa shape index (κ2) is 7.80. The Balaban J connectivity index is 1.62. The monoisotopic (exact) mass is 371 g/mol. The van der Waals surface area contributed by atoms with Gasteiger partial charge in [-0.15, -0.1) is 11.3 Å². The van der Waals surface area contributed by atoms with Gasteiger partial charge in [-0.1, -0.05) is 13.0 Å². The number of anilines is 1. The van der Waals surface area contributed by atoms with Gasteiger partial charge in [0.05, 0.1) is 0 Å². The molecule has 1 aromatic heterocycles. The zero-order chi connectivity index (χ0) is 18.7. The average molecular weight is 372 g/mol. The molecule has 0 radical (unpaired) electrons. The van der Waals surface area contributed by atoms with Gasteiger partial charge in [-0.3, -0.25) is 4.79 Å². The zero-order valence-electron chi connectivity index (χ0n) is 16.2. The Bertz CT molecular complexity index is 772. The van der Waals surface area contributed by atoms with Gasteiger partial charge in [0.1, 0.15) is 0 Å². The predicted octanol–water partition coefficient (Wildman–Crippen LogP) is 4.08. The van der Waals surface area contributed by atoms with Gasteiger partial charge in [0.15, 0.2) is 0 Å². The average Bonchev–Trinajstić information content (AvgIpc) is 3.17. The Hall–Kier alpha value is -1.85. The van der Waals surface area contributed by atoms with Crippen LogP contribution in [0.1, 0.15) is 33.5 Å². The summed E-state index contributed by atoms with van der Waals surface area (Å²) in [6.07, 6.45) is 1.14. The van der Waals surface area contributed by atoms with Crippen LogP contribution in [-0.2, 0) is 6.54 Å². The Labute approximate surface area is 160 Å². The summed E-state index contributed by atoms with van der Waals surface area (Å²) in [6, 6.07) is 12.1. The fourth-order valence-electron chi connectivity index (χ4n) is 3.80. The van der Waals surface area contributed by atoms with Crippen LogP contribution in [0.15, 0.2) is 36.4 Å². The number of nitrogens with one attached hydrogen (secondary N) is 1. The molecule has 0 bridgehead atoms. The van der Waals surface area contributed by atoms with E-state index in [1.165, 1.54) is 9.75 Å². The summed E-state index contributed by atoms with van der Waals surface area (Å²) in [5, 5.41) is 3.43. The lowest BCUT2D eigenvalue weighted by Crippen LogP contribution is -2.38. The predicted molar refractivity (Wildman–Crippen MR) is 110 cm³/mol. The van der Waals surface area contributed by atoms with Gasteiger partial charge in [-0.25, -0.2) is 0 Å². The SMILES string of the molecule is Cc1ccc(CNc2cccc(C(=O)N(C)CC3(C)CCN(C)C3)c2)s1. The van der Waals surface area contributed by atoms with E-state index in [-0.39, 0.29) is 11.3 Å². The van der Waals surface area contributed by atoms with Gasteiger partial charge in [-0.05, 0) is 62.7 Å². The fraction of sp³-hybridized carbons (Fsp3) is 0.476. The zero-order valence-corrected chi connectivity index (χ0v) is 17.0. The number of amides is 1. The summed E-state index contributed by atoms with van der Waals surface area (Å²) in [5.74, 6) is 0.0939. The van der Waals surface area contributed by atoms with E-state index in [1.54, 1.807) is 11.3 Å². The number of carbonyl (C=O) groups is 1. The number of likely N-dealkylation sites (tertiary alicyclic amines) is 1. The molecule has 140 valence electrons. The second-order valence-electron chi connectivity index (χ2n) is 7.91. The number of nitrogens with zero attached hydrogens (tertiary/aromatic N) is 2. The molecule has 26 heavy (non-hydrogen) atoms. The summed E-state index contributed by atoms with van der Waals surface area (Å²) in [5.41, 5.74) is 1.92. The van der Waals surface area contributed by atoms with E-state index >= 15 is 0 Å². The molecular weight excluding hydrogens is 342 g/mol. The minimum Gasteiger partial charge on any atom is -0.380 e. The third kappa shape index (κ3) is 4.65. The first-order valence-electron chi connectivity index (χ1n) is 9.18. The van der Waals surface area contributed by atoms with Crippen LogP contribution in [0.4, 0.5) is 5.69 Å². The Kier molecular flexibility index (Phi) is 5.68. The van der Waals surface area contributed by atoms with Gasteiger partial charge in [0.2, 0.25) is 0 Å². The minimum absolute atomic E-state index is 0.0939. The molecule has 0 spiro atoms. The molecular formula is C21H29N3OS. The van der Waals surface area contributed by atoms with Crippen LogP contribution in [0.25, 0.3) is 0 Å². The van der Waals surface area contributed by atoms with Crippen molar-refractivity contribution in [2.75, 3.05) is 39.0 Å². The highest BCUT2D eigenvalue weighted by atomic mass is 32.1. The van der Waals surface area contributed by atoms with Crippen molar-refractivity contribution in [2.24, 2.45) is 5.41 Å². The van der Waals surface area contributed by atoms with E-state index in [2.05, 4.69) is 43.2 Å². The maximum Gasteiger partial charge on any atom is 0.253 e. The molecule has 4 nitrogen and oxygen atoms in total. The lowest BCUT2D eigenvalue weighted by Gasteiger charge is -2.30. The molecule has 0 aliphatic carbocycles. The van der Waals surface area contributed by atoms with Crippen molar-refractivity contribution < 1.29 is 4.79 Å². The standard InChI is InChI=1S/C21H29N3OS/c1-16-8-9-19(26-16)13-22-18-7-5-6-17(12-18)20(25)24(4)15-21(2)10-11-23(3)14-21/h5-9,12,22H,10-11,13-15H2,1-4H3. The number of aryl methyl sites for hydroxylation is 1. The van der Waals surface area contributed by atoms with Crippen molar-refractivity contribution in [1.29, 1.82) is 0 Å². The molecule has 1 saturated heterocycles. The normalized spacial score (nSPS) is 20.3. The molecule has 1 aliphatic heterocycles. The van der Waals surface area contributed by atoms with Gasteiger partial charge in [0, 0.05) is 47.7 Å². The summed E-state index contributed by atoms with van der Waals surface area (Å²) in [7, 11) is 4.07. The molecule has 1 unspecified atom stereocenters. The number of rotatable bonds is 6. The van der Waals surface area contributed by atoms with E-state index in [0.29, 0.717) is 0 Å². The highest BCUT2D eigenvalue weighted by Gasteiger charge is 2.34. The first kappa shape index (κ1) is 18.9. The van der Waals surface area contributed by atoms with E-state index in [0.717, 1.165) is 43.9 Å². The van der Waals surface area contributed by atoms with Gasteiger partial charge in [-0.2, -0.15) is 0 Å². The van der Waals surface area contributed by atoms with Crippen molar-refractivity contribution >= 4 is 22.9 Å². The van der Waals surface area contributed by atoms with Gasteiger partial charge >= 0.3 is 0 Å². The molecule has 1 aromatic carbocycles. The van der Waals surface area contributed by atoms with Crippen molar-refractivity contribution in [3.63, 3.8) is 0 Å². The summed E-state index contributed by atoms with van der Waals surface area (Å²) >= 11 is 1.80. The summed E-state index contributed by atoms with van der Waals surface area (Å²) in [4.78, 5) is 19.7. The molecule has 1 aliphatic rings. The Morgan fingerprint density at radius 2 is 2.15 bits per heavy atom. The molecule has 3 rings (SSSR count). The first-order chi connectivity index (χ1) is 12.3. The van der Waals surface area contributed by atoms with E-state index in [4.69, 9.17) is 0 Å². The van der Waals surface area contributed by atoms with Crippen LogP contribution in [0.5, 0.6) is 0 Å². The van der Waals surface area contributed by atoms with Crippen molar-refractivity contribution in [3.8, 4) is 0 Å². The van der Waals surface area contributed by atoms with Crippen molar-refractivity contribution in [1.82, 2.24) is 9.80 Å². The molecule has 1 amide bonds. The Morgan fingerprint density at radius 1 is 1.35 bits per heavy atom. The first-order valence-corrected chi connectivity index (χ1v) is 10.00. The maximum absolute atomic E-state index is 12.9. The van der Waals surface area contributed by atoms with Gasteiger partial charge < -0.3 is 15.1 Å².